The highest BCUT2D eigenvalue weighted by molar-refractivity contribution is 7.22. The van der Waals surface area contributed by atoms with Gasteiger partial charge in [0, 0.05) is 0 Å². The summed E-state index contributed by atoms with van der Waals surface area (Å²) in [4.78, 5) is 18.1. The number of thiazole rings is 1. The number of rotatable bonds is 4. The van der Waals surface area contributed by atoms with Gasteiger partial charge >= 0.3 is 0 Å². The molecule has 2 N–H and O–H groups in total. The van der Waals surface area contributed by atoms with E-state index in [1.54, 1.807) is 7.11 Å². The van der Waals surface area contributed by atoms with Crippen LogP contribution in [0, 0.1) is 0 Å². The molecule has 1 amide bonds. The highest BCUT2D eigenvalue weighted by Crippen LogP contribution is 2.28. The van der Waals surface area contributed by atoms with Gasteiger partial charge in [-0.2, -0.15) is 0 Å². The van der Waals surface area contributed by atoms with E-state index in [1.807, 2.05) is 18.2 Å². The molecular formula is C16H22N3O2S+. The number of hydrogen-bond acceptors (Lipinski definition) is 4. The molecule has 5 nitrogen and oxygen atoms in total. The Hall–Kier alpha value is -1.66. The van der Waals surface area contributed by atoms with Gasteiger partial charge in [0.1, 0.15) is 5.75 Å². The van der Waals surface area contributed by atoms with Gasteiger partial charge in [-0.15, -0.1) is 0 Å². The molecule has 0 atom stereocenters. The van der Waals surface area contributed by atoms with Crippen LogP contribution in [0.1, 0.15) is 25.7 Å². The fourth-order valence-electron chi connectivity index (χ4n) is 2.88. The molecule has 1 aliphatic heterocycles. The van der Waals surface area contributed by atoms with Crippen molar-refractivity contribution in [1.29, 1.82) is 0 Å². The largest absolute Gasteiger partial charge is 0.497 e. The molecule has 0 saturated carbocycles. The summed E-state index contributed by atoms with van der Waals surface area (Å²) in [5.74, 6) is 0.867. The first-order valence-corrected chi connectivity index (χ1v) is 8.64. The number of ether oxygens (including phenoxy) is 1. The lowest BCUT2D eigenvalue weighted by molar-refractivity contribution is -0.890. The van der Waals surface area contributed by atoms with Crippen molar-refractivity contribution < 1.29 is 14.4 Å². The minimum Gasteiger partial charge on any atom is -0.497 e. The Morgan fingerprint density at radius 3 is 2.82 bits per heavy atom. The zero-order valence-corrected chi connectivity index (χ0v) is 13.7. The number of hydrogen-bond donors (Lipinski definition) is 2. The molecule has 22 heavy (non-hydrogen) atoms. The minimum absolute atomic E-state index is 0.0583. The van der Waals surface area contributed by atoms with Gasteiger partial charge in [-0.25, -0.2) is 4.98 Å². The van der Waals surface area contributed by atoms with Gasteiger partial charge in [-0.1, -0.05) is 11.3 Å². The molecule has 0 aliphatic carbocycles. The third kappa shape index (κ3) is 3.75. The van der Waals surface area contributed by atoms with Crippen LogP contribution in [0.2, 0.25) is 0 Å². The molecule has 1 aromatic carbocycles. The fourth-order valence-corrected chi connectivity index (χ4v) is 3.79. The van der Waals surface area contributed by atoms with Crippen LogP contribution in [-0.4, -0.2) is 37.6 Å². The van der Waals surface area contributed by atoms with Crippen LogP contribution in [0.4, 0.5) is 5.13 Å². The number of carbonyl (C=O) groups is 1. The van der Waals surface area contributed by atoms with Crippen LogP contribution in [-0.2, 0) is 4.79 Å². The maximum absolute atomic E-state index is 12.2. The maximum Gasteiger partial charge on any atom is 0.281 e. The molecule has 1 fully saturated rings. The number of amides is 1. The number of anilines is 1. The van der Waals surface area contributed by atoms with Gasteiger partial charge in [0.25, 0.3) is 5.91 Å². The van der Waals surface area contributed by atoms with E-state index in [9.17, 15) is 4.79 Å². The van der Waals surface area contributed by atoms with Crippen LogP contribution in [0.5, 0.6) is 5.75 Å². The Morgan fingerprint density at radius 2 is 2.09 bits per heavy atom. The standard InChI is InChI=1S/C16H21N3O2S/c1-21-12-6-7-13-14(10-12)22-16(17-13)18-15(20)11-19-8-4-2-3-5-9-19/h6-7,10H,2-5,8-9,11H2,1H3,(H,17,18,20)/p+1. The van der Waals surface area contributed by atoms with Gasteiger partial charge < -0.3 is 9.64 Å². The average Bonchev–Trinajstić information content (AvgIpc) is 2.72. The summed E-state index contributed by atoms with van der Waals surface area (Å²) in [6.45, 7) is 2.74. The lowest BCUT2D eigenvalue weighted by atomic mass is 10.2. The first-order chi connectivity index (χ1) is 10.7. The van der Waals surface area contributed by atoms with E-state index in [0.717, 1.165) is 29.1 Å². The molecule has 6 heteroatoms. The van der Waals surface area contributed by atoms with Crippen molar-refractivity contribution in [3.05, 3.63) is 18.2 Å². The summed E-state index contributed by atoms with van der Waals surface area (Å²) in [5, 5.41) is 3.61. The summed E-state index contributed by atoms with van der Waals surface area (Å²) in [5.41, 5.74) is 0.892. The molecule has 2 heterocycles. The molecule has 1 aliphatic rings. The second kappa shape index (κ2) is 7.07. The topological polar surface area (TPSA) is 55.7 Å². The predicted octanol–water partition coefficient (Wildman–Crippen LogP) is 1.70. The monoisotopic (exact) mass is 320 g/mol. The number of methoxy groups -OCH3 is 1. The minimum atomic E-state index is 0.0583. The highest BCUT2D eigenvalue weighted by Gasteiger charge is 2.17. The lowest BCUT2D eigenvalue weighted by Crippen LogP contribution is -3.12. The molecule has 0 radical (unpaired) electrons. The number of nitrogens with zero attached hydrogens (tertiary/aromatic N) is 1. The average molecular weight is 320 g/mol. The molecule has 118 valence electrons. The molecular weight excluding hydrogens is 298 g/mol. The van der Waals surface area contributed by atoms with Crippen molar-refractivity contribution in [2.24, 2.45) is 0 Å². The highest BCUT2D eigenvalue weighted by atomic mass is 32.1. The van der Waals surface area contributed by atoms with Crippen molar-refractivity contribution in [2.45, 2.75) is 25.7 Å². The smallest absolute Gasteiger partial charge is 0.281 e. The van der Waals surface area contributed by atoms with E-state index in [1.165, 1.54) is 41.9 Å². The van der Waals surface area contributed by atoms with Crippen molar-refractivity contribution in [3.63, 3.8) is 0 Å². The summed E-state index contributed by atoms with van der Waals surface area (Å²) in [6, 6.07) is 5.75. The summed E-state index contributed by atoms with van der Waals surface area (Å²) < 4.78 is 6.24. The van der Waals surface area contributed by atoms with E-state index >= 15 is 0 Å². The van der Waals surface area contributed by atoms with Crippen LogP contribution in [0.15, 0.2) is 18.2 Å². The van der Waals surface area contributed by atoms with Crippen molar-refractivity contribution >= 4 is 32.6 Å². The van der Waals surface area contributed by atoms with Crippen LogP contribution in [0.3, 0.4) is 0 Å². The SMILES string of the molecule is COc1ccc2nc(NC(=O)C[NH+]3CCCCCC3)sc2c1. The first kappa shape index (κ1) is 15.2. The van der Waals surface area contributed by atoms with Crippen molar-refractivity contribution in [1.82, 2.24) is 4.98 Å². The normalized spacial score (nSPS) is 16.4. The first-order valence-electron chi connectivity index (χ1n) is 7.82. The third-order valence-electron chi connectivity index (χ3n) is 4.06. The number of benzene rings is 1. The second-order valence-electron chi connectivity index (χ2n) is 5.74. The number of carbonyl (C=O) groups excluding carboxylic acids is 1. The number of likely N-dealkylation sites (tertiary alicyclic amines) is 1. The Balaban J connectivity index is 1.63. The van der Waals surface area contributed by atoms with Gasteiger partial charge in [-0.05, 0) is 43.9 Å². The lowest BCUT2D eigenvalue weighted by Gasteiger charge is -2.15. The fraction of sp³-hybridized carbons (Fsp3) is 0.500. The molecule has 1 aromatic heterocycles. The van der Waals surface area contributed by atoms with E-state index < -0.39 is 0 Å². The summed E-state index contributed by atoms with van der Waals surface area (Å²) in [6.07, 6.45) is 5.04. The Morgan fingerprint density at radius 1 is 1.32 bits per heavy atom. The van der Waals surface area contributed by atoms with Gasteiger partial charge in [0.15, 0.2) is 11.7 Å². The number of fused-ring (bicyclic) bond motifs is 1. The zero-order valence-electron chi connectivity index (χ0n) is 12.9. The zero-order chi connectivity index (χ0) is 15.4. The number of nitrogens with one attached hydrogen (secondary N) is 2. The van der Waals surface area contributed by atoms with E-state index in [0.29, 0.717) is 11.7 Å². The molecule has 0 spiro atoms. The Kier molecular flexibility index (Phi) is 4.90. The maximum atomic E-state index is 12.2. The van der Waals surface area contributed by atoms with Crippen molar-refractivity contribution in [2.75, 3.05) is 32.1 Å². The Labute approximate surface area is 134 Å². The van der Waals surface area contributed by atoms with Crippen LogP contribution in [0.25, 0.3) is 10.2 Å². The van der Waals surface area contributed by atoms with Gasteiger partial charge in [0.05, 0.1) is 30.4 Å². The summed E-state index contributed by atoms with van der Waals surface area (Å²) in [7, 11) is 1.65. The Bertz CT molecular complexity index is 648. The number of aromatic nitrogens is 1. The van der Waals surface area contributed by atoms with Crippen molar-refractivity contribution in [3.8, 4) is 5.75 Å². The van der Waals surface area contributed by atoms with E-state index in [2.05, 4.69) is 10.3 Å². The number of quaternary nitrogens is 1. The summed E-state index contributed by atoms with van der Waals surface area (Å²) >= 11 is 1.49. The molecule has 0 unspecified atom stereocenters. The van der Waals surface area contributed by atoms with Gasteiger partial charge in [-0.3, -0.25) is 10.1 Å². The molecule has 3 rings (SSSR count). The van der Waals surface area contributed by atoms with Gasteiger partial charge in [0.2, 0.25) is 0 Å². The van der Waals surface area contributed by atoms with Crippen LogP contribution >= 0.6 is 11.3 Å². The predicted molar refractivity (Wildman–Crippen MR) is 88.8 cm³/mol. The van der Waals surface area contributed by atoms with Crippen LogP contribution < -0.4 is 15.0 Å². The third-order valence-corrected chi connectivity index (χ3v) is 5.00. The molecule has 2 aromatic rings. The van der Waals surface area contributed by atoms with E-state index in [-0.39, 0.29) is 5.91 Å². The molecule has 1 saturated heterocycles. The quantitative estimate of drug-likeness (QED) is 0.901. The second-order valence-corrected chi connectivity index (χ2v) is 6.77. The molecule has 0 bridgehead atoms. The van der Waals surface area contributed by atoms with E-state index in [4.69, 9.17) is 4.74 Å².